The highest BCUT2D eigenvalue weighted by Gasteiger charge is 2.34. The van der Waals surface area contributed by atoms with E-state index in [1.807, 2.05) is 24.3 Å². The maximum atomic E-state index is 11.0. The van der Waals surface area contributed by atoms with Crippen molar-refractivity contribution in [3.05, 3.63) is 36.3 Å². The van der Waals surface area contributed by atoms with Gasteiger partial charge < -0.3 is 14.8 Å². The average Bonchev–Trinajstić information content (AvgIpc) is 3.30. The minimum Gasteiger partial charge on any atom is -0.497 e. The fourth-order valence-corrected chi connectivity index (χ4v) is 4.32. The van der Waals surface area contributed by atoms with Crippen molar-refractivity contribution in [3.63, 3.8) is 0 Å². The number of fused-ring (bicyclic) bond motifs is 1. The number of aliphatic hydroxyl groups is 1. The summed E-state index contributed by atoms with van der Waals surface area (Å²) in [4.78, 5) is 16.5. The second-order valence-electron chi connectivity index (χ2n) is 7.48. The molecule has 2 heterocycles. The molecule has 30 heavy (non-hydrogen) atoms. The van der Waals surface area contributed by atoms with Crippen LogP contribution in [0.15, 0.2) is 30.6 Å². The first-order valence-electron chi connectivity index (χ1n) is 9.51. The Balaban J connectivity index is 1.53. The molecular weight excluding hydrogens is 410 g/mol. The zero-order chi connectivity index (χ0) is 21.3. The van der Waals surface area contributed by atoms with Crippen LogP contribution < -0.4 is 9.88 Å². The van der Waals surface area contributed by atoms with Crippen molar-refractivity contribution in [2.75, 3.05) is 13.7 Å². The van der Waals surface area contributed by atoms with E-state index in [1.165, 1.54) is 6.33 Å². The van der Waals surface area contributed by atoms with E-state index < -0.39 is 16.4 Å². The lowest BCUT2D eigenvalue weighted by Crippen LogP contribution is -2.24. The number of H-pyrrole nitrogens is 1. The first-order chi connectivity index (χ1) is 14.3. The molecule has 1 fully saturated rings. The van der Waals surface area contributed by atoms with Gasteiger partial charge in [0.05, 0.1) is 25.5 Å². The molecule has 10 nitrogen and oxygen atoms in total. The number of ether oxygens (including phenoxy) is 1. The van der Waals surface area contributed by atoms with Crippen molar-refractivity contribution in [3.8, 4) is 17.1 Å². The van der Waals surface area contributed by atoms with Crippen LogP contribution in [0.4, 0.5) is 0 Å². The molecular formula is C19H23N5O5S. The number of nitrogens with one attached hydrogen (secondary N) is 1. The van der Waals surface area contributed by atoms with E-state index in [2.05, 4.69) is 24.1 Å². The lowest BCUT2D eigenvalue weighted by molar-refractivity contribution is 0.100. The van der Waals surface area contributed by atoms with Crippen LogP contribution in [0.2, 0.25) is 0 Å². The Morgan fingerprint density at radius 3 is 2.90 bits per heavy atom. The van der Waals surface area contributed by atoms with E-state index in [0.717, 1.165) is 22.5 Å². The number of hydrogen-bond donors (Lipinski definition) is 3. The Morgan fingerprint density at radius 2 is 2.13 bits per heavy atom. The smallest absolute Gasteiger partial charge is 0.333 e. The SMILES string of the molecule is COc1cccc(-c2nc3ncnc(C[C@@H]4C[C@@H](COS(N)(=O)=O)[C@@H](O)C4)c3[nH]2)c1. The summed E-state index contributed by atoms with van der Waals surface area (Å²) in [5, 5.41) is 15.1. The van der Waals surface area contributed by atoms with E-state index in [-0.39, 0.29) is 18.4 Å². The molecule has 0 aliphatic heterocycles. The minimum atomic E-state index is -4.02. The Kier molecular flexibility index (Phi) is 5.69. The summed E-state index contributed by atoms with van der Waals surface area (Å²) < 4.78 is 32.0. The van der Waals surface area contributed by atoms with Gasteiger partial charge in [0.2, 0.25) is 0 Å². The van der Waals surface area contributed by atoms with Gasteiger partial charge in [-0.05, 0) is 37.3 Å². The molecule has 160 valence electrons. The third kappa shape index (κ3) is 4.59. The second kappa shape index (κ2) is 8.26. The zero-order valence-corrected chi connectivity index (χ0v) is 17.2. The summed E-state index contributed by atoms with van der Waals surface area (Å²) in [6, 6.07) is 7.56. The van der Waals surface area contributed by atoms with Crippen LogP contribution in [0.1, 0.15) is 18.5 Å². The molecule has 4 N–H and O–H groups in total. The predicted octanol–water partition coefficient (Wildman–Crippen LogP) is 1.18. The van der Waals surface area contributed by atoms with Gasteiger partial charge in [0.25, 0.3) is 0 Å². The average molecular weight is 433 g/mol. The van der Waals surface area contributed by atoms with Crippen LogP contribution in [-0.2, 0) is 20.9 Å². The number of aliphatic hydroxyl groups excluding tert-OH is 1. The van der Waals surface area contributed by atoms with Crippen LogP contribution >= 0.6 is 0 Å². The van der Waals surface area contributed by atoms with Gasteiger partial charge in [-0.1, -0.05) is 12.1 Å². The van der Waals surface area contributed by atoms with Crippen molar-refractivity contribution in [2.45, 2.75) is 25.4 Å². The molecule has 1 aliphatic carbocycles. The fraction of sp³-hybridized carbons (Fsp3) is 0.421. The summed E-state index contributed by atoms with van der Waals surface area (Å²) >= 11 is 0. The number of aromatic amines is 1. The molecule has 2 aromatic heterocycles. The Hall–Kier alpha value is -2.60. The topological polar surface area (TPSA) is 153 Å². The number of imidazole rings is 1. The van der Waals surface area contributed by atoms with E-state index in [9.17, 15) is 13.5 Å². The molecule has 0 saturated heterocycles. The number of methoxy groups -OCH3 is 1. The Morgan fingerprint density at radius 1 is 1.30 bits per heavy atom. The lowest BCUT2D eigenvalue weighted by Gasteiger charge is -2.12. The molecule has 4 rings (SSSR count). The maximum absolute atomic E-state index is 11.0. The third-order valence-electron chi connectivity index (χ3n) is 5.39. The third-order valence-corrected chi connectivity index (χ3v) is 5.86. The molecule has 0 spiro atoms. The Bertz CT molecular complexity index is 1150. The molecule has 0 unspecified atom stereocenters. The van der Waals surface area contributed by atoms with Gasteiger partial charge in [-0.15, -0.1) is 0 Å². The van der Waals surface area contributed by atoms with Gasteiger partial charge in [-0.3, -0.25) is 4.18 Å². The molecule has 0 amide bonds. The quantitative estimate of drug-likeness (QED) is 0.502. The molecule has 11 heteroatoms. The predicted molar refractivity (Wildman–Crippen MR) is 109 cm³/mol. The molecule has 1 aliphatic rings. The fourth-order valence-electron chi connectivity index (χ4n) is 3.96. The van der Waals surface area contributed by atoms with Crippen LogP contribution in [0, 0.1) is 11.8 Å². The standard InChI is InChI=1S/C19H23N5O5S/c1-28-14-4-2-3-12(8-14)18-23-17-15(21-10-22-19(17)24-18)6-11-5-13(16(25)7-11)9-29-30(20,26)27/h2-4,8,10-11,13,16,25H,5-7,9H2,1H3,(H2,20,26,27)(H,21,22,23,24)/t11-,13-,16-/m0/s1. The molecule has 0 radical (unpaired) electrons. The number of rotatable bonds is 7. The van der Waals surface area contributed by atoms with Crippen molar-refractivity contribution in [1.82, 2.24) is 19.9 Å². The largest absolute Gasteiger partial charge is 0.497 e. The normalized spacial score (nSPS) is 21.9. The molecule has 0 bridgehead atoms. The number of hydrogen-bond acceptors (Lipinski definition) is 8. The van der Waals surface area contributed by atoms with E-state index in [0.29, 0.717) is 30.7 Å². The van der Waals surface area contributed by atoms with E-state index in [4.69, 9.17) is 9.88 Å². The highest BCUT2D eigenvalue weighted by Crippen LogP contribution is 2.35. The van der Waals surface area contributed by atoms with Crippen molar-refractivity contribution >= 4 is 21.5 Å². The van der Waals surface area contributed by atoms with E-state index >= 15 is 0 Å². The van der Waals surface area contributed by atoms with Crippen LogP contribution in [0.25, 0.3) is 22.6 Å². The summed E-state index contributed by atoms with van der Waals surface area (Å²) in [5.74, 6) is 1.22. The van der Waals surface area contributed by atoms with Gasteiger partial charge >= 0.3 is 10.3 Å². The van der Waals surface area contributed by atoms with Crippen LogP contribution in [0.3, 0.4) is 0 Å². The van der Waals surface area contributed by atoms with Gasteiger partial charge in [0.1, 0.15) is 23.4 Å². The van der Waals surface area contributed by atoms with Gasteiger partial charge in [-0.2, -0.15) is 8.42 Å². The first-order valence-corrected chi connectivity index (χ1v) is 11.0. The van der Waals surface area contributed by atoms with Crippen molar-refractivity contribution in [2.24, 2.45) is 17.0 Å². The zero-order valence-electron chi connectivity index (χ0n) is 16.4. The monoisotopic (exact) mass is 433 g/mol. The molecule has 3 aromatic rings. The molecule has 1 aromatic carbocycles. The van der Waals surface area contributed by atoms with E-state index in [1.54, 1.807) is 7.11 Å². The summed E-state index contributed by atoms with van der Waals surface area (Å²) in [6.45, 7) is -0.125. The number of benzene rings is 1. The van der Waals surface area contributed by atoms with Gasteiger partial charge in [-0.25, -0.2) is 20.1 Å². The summed E-state index contributed by atoms with van der Waals surface area (Å²) in [6.07, 6.45) is 2.56. The first kappa shape index (κ1) is 20.7. The Labute approximate surface area is 173 Å². The van der Waals surface area contributed by atoms with Crippen molar-refractivity contribution < 1.29 is 22.4 Å². The van der Waals surface area contributed by atoms with Gasteiger partial charge in [0, 0.05) is 11.5 Å². The molecule has 3 atom stereocenters. The van der Waals surface area contributed by atoms with Gasteiger partial charge in [0.15, 0.2) is 5.65 Å². The second-order valence-corrected chi connectivity index (χ2v) is 8.70. The highest BCUT2D eigenvalue weighted by atomic mass is 32.2. The number of nitrogens with two attached hydrogens (primary N) is 1. The number of nitrogens with zero attached hydrogens (tertiary/aromatic N) is 3. The van der Waals surface area contributed by atoms with Crippen LogP contribution in [0.5, 0.6) is 5.75 Å². The molecule has 1 saturated carbocycles. The maximum Gasteiger partial charge on any atom is 0.333 e. The summed E-state index contributed by atoms with van der Waals surface area (Å²) in [5.41, 5.74) is 2.97. The lowest BCUT2D eigenvalue weighted by atomic mass is 9.99. The van der Waals surface area contributed by atoms with Crippen LogP contribution in [-0.4, -0.2) is 53.3 Å². The number of aromatic nitrogens is 4. The summed E-state index contributed by atoms with van der Waals surface area (Å²) in [7, 11) is -2.41. The van der Waals surface area contributed by atoms with Crippen molar-refractivity contribution in [1.29, 1.82) is 0 Å². The highest BCUT2D eigenvalue weighted by molar-refractivity contribution is 7.84. The minimum absolute atomic E-state index is 0.121.